The summed E-state index contributed by atoms with van der Waals surface area (Å²) >= 11 is 0. The van der Waals surface area contributed by atoms with Crippen molar-refractivity contribution in [1.82, 2.24) is 9.97 Å². The highest BCUT2D eigenvalue weighted by molar-refractivity contribution is 7.91. The molecule has 0 aliphatic carbocycles. The number of para-hydroxylation sites is 2. The first kappa shape index (κ1) is 18.1. The molecule has 1 aromatic heterocycles. The summed E-state index contributed by atoms with van der Waals surface area (Å²) in [6.45, 7) is 2.35. The summed E-state index contributed by atoms with van der Waals surface area (Å²) in [7, 11) is -2.99. The van der Waals surface area contributed by atoms with Crippen LogP contribution in [0.4, 0.5) is 11.5 Å². The van der Waals surface area contributed by atoms with E-state index in [1.54, 1.807) is 18.2 Å². The first-order chi connectivity index (χ1) is 12.5. The fraction of sp³-hybridized carbons (Fsp3) is 0.353. The number of aromatic nitrogens is 2. The Kier molecular flexibility index (Phi) is 5.36. The average molecular weight is 376 g/mol. The van der Waals surface area contributed by atoms with E-state index in [-0.39, 0.29) is 23.2 Å². The van der Waals surface area contributed by atoms with Gasteiger partial charge in [-0.25, -0.2) is 18.4 Å². The lowest BCUT2D eigenvalue weighted by atomic mass is 10.2. The van der Waals surface area contributed by atoms with Crippen LogP contribution in [0.25, 0.3) is 0 Å². The van der Waals surface area contributed by atoms with Crippen molar-refractivity contribution in [3.63, 3.8) is 0 Å². The third-order valence-electron chi connectivity index (χ3n) is 3.92. The second-order valence-corrected chi connectivity index (χ2v) is 8.14. The third-order valence-corrected chi connectivity index (χ3v) is 5.69. The van der Waals surface area contributed by atoms with Gasteiger partial charge in [0.05, 0.1) is 23.8 Å². The van der Waals surface area contributed by atoms with Crippen LogP contribution in [0.2, 0.25) is 0 Å². The lowest BCUT2D eigenvalue weighted by Crippen LogP contribution is -2.22. The molecule has 1 aromatic carbocycles. The van der Waals surface area contributed by atoms with Crippen LogP contribution >= 0.6 is 0 Å². The number of sulfone groups is 1. The van der Waals surface area contributed by atoms with Gasteiger partial charge in [0.1, 0.15) is 23.6 Å². The summed E-state index contributed by atoms with van der Waals surface area (Å²) in [5.74, 6) is 0.830. The molecule has 2 aromatic rings. The summed E-state index contributed by atoms with van der Waals surface area (Å²) < 4.78 is 28.6. The molecule has 8 nitrogen and oxygen atoms in total. The molecule has 1 amide bonds. The Labute approximate surface area is 151 Å². The highest BCUT2D eigenvalue weighted by atomic mass is 32.2. The largest absolute Gasteiger partial charge is 0.492 e. The number of hydrogen-bond acceptors (Lipinski definition) is 7. The molecule has 1 saturated heterocycles. The van der Waals surface area contributed by atoms with Gasteiger partial charge < -0.3 is 15.4 Å². The minimum Gasteiger partial charge on any atom is -0.492 e. The molecule has 0 spiro atoms. The van der Waals surface area contributed by atoms with Crippen molar-refractivity contribution in [1.29, 1.82) is 0 Å². The zero-order valence-corrected chi connectivity index (χ0v) is 15.1. The van der Waals surface area contributed by atoms with Gasteiger partial charge in [0.25, 0.3) is 5.91 Å². The van der Waals surface area contributed by atoms with E-state index in [4.69, 9.17) is 4.74 Å². The van der Waals surface area contributed by atoms with E-state index in [0.29, 0.717) is 30.3 Å². The molecule has 0 saturated carbocycles. The summed E-state index contributed by atoms with van der Waals surface area (Å²) in [6, 6.07) is 8.43. The fourth-order valence-electron chi connectivity index (χ4n) is 2.72. The Morgan fingerprint density at radius 1 is 1.31 bits per heavy atom. The normalized spacial score (nSPS) is 18.3. The molecule has 138 valence electrons. The molecule has 26 heavy (non-hydrogen) atoms. The first-order valence-electron chi connectivity index (χ1n) is 8.29. The van der Waals surface area contributed by atoms with Crippen LogP contribution in [-0.2, 0) is 9.84 Å². The van der Waals surface area contributed by atoms with E-state index in [1.165, 1.54) is 12.4 Å². The summed E-state index contributed by atoms with van der Waals surface area (Å²) in [5.41, 5.74) is 0.726. The molecule has 1 aliphatic heterocycles. The molecule has 2 N–H and O–H groups in total. The van der Waals surface area contributed by atoms with E-state index < -0.39 is 15.7 Å². The Morgan fingerprint density at radius 2 is 2.12 bits per heavy atom. The topological polar surface area (TPSA) is 110 Å². The number of amides is 1. The van der Waals surface area contributed by atoms with Crippen molar-refractivity contribution >= 4 is 27.2 Å². The number of benzene rings is 1. The molecular weight excluding hydrogens is 356 g/mol. The van der Waals surface area contributed by atoms with E-state index in [9.17, 15) is 13.2 Å². The highest BCUT2D eigenvalue weighted by Crippen LogP contribution is 2.24. The monoisotopic (exact) mass is 376 g/mol. The Morgan fingerprint density at radius 3 is 2.85 bits per heavy atom. The molecule has 1 unspecified atom stereocenters. The lowest BCUT2D eigenvalue weighted by molar-refractivity contribution is 0.102. The van der Waals surface area contributed by atoms with Gasteiger partial charge in [0.15, 0.2) is 9.84 Å². The molecule has 2 heterocycles. The number of anilines is 2. The maximum absolute atomic E-state index is 12.5. The zero-order chi connectivity index (χ0) is 18.6. The van der Waals surface area contributed by atoms with Crippen LogP contribution in [0.15, 0.2) is 36.7 Å². The molecule has 0 radical (unpaired) electrons. The highest BCUT2D eigenvalue weighted by Gasteiger charge is 2.28. The molecule has 9 heteroatoms. The van der Waals surface area contributed by atoms with Crippen LogP contribution < -0.4 is 15.4 Å². The quantitative estimate of drug-likeness (QED) is 0.790. The van der Waals surface area contributed by atoms with E-state index >= 15 is 0 Å². The summed E-state index contributed by atoms with van der Waals surface area (Å²) in [4.78, 5) is 20.5. The number of rotatable bonds is 6. The third kappa shape index (κ3) is 4.48. The molecule has 3 rings (SSSR count). The predicted molar refractivity (Wildman–Crippen MR) is 98.3 cm³/mol. The standard InChI is InChI=1S/C17H20N4O4S/c1-2-25-15-6-4-3-5-13(15)21-17(22)14-9-16(19-11-18-14)20-12-7-8-26(23,24)10-12/h3-6,9,11-12H,2,7-8,10H2,1H3,(H,21,22)(H,18,19,20). The SMILES string of the molecule is CCOc1ccccc1NC(=O)c1cc(NC2CCS(=O)(=O)C2)ncn1. The van der Waals surface area contributed by atoms with Crippen LogP contribution in [-0.4, -0.2) is 48.4 Å². The van der Waals surface area contributed by atoms with Gasteiger partial charge in [-0.15, -0.1) is 0 Å². The van der Waals surface area contributed by atoms with Crippen LogP contribution in [0.3, 0.4) is 0 Å². The average Bonchev–Trinajstić information content (AvgIpc) is 2.95. The maximum Gasteiger partial charge on any atom is 0.274 e. The van der Waals surface area contributed by atoms with Crippen molar-refractivity contribution in [2.75, 3.05) is 28.7 Å². The van der Waals surface area contributed by atoms with Crippen LogP contribution in [0.5, 0.6) is 5.75 Å². The Balaban J connectivity index is 1.71. The second-order valence-electron chi connectivity index (χ2n) is 5.92. The predicted octanol–water partition coefficient (Wildman–Crippen LogP) is 1.73. The Hall–Kier alpha value is -2.68. The van der Waals surface area contributed by atoms with Crippen molar-refractivity contribution in [2.24, 2.45) is 0 Å². The van der Waals surface area contributed by atoms with Gasteiger partial charge in [-0.05, 0) is 25.5 Å². The van der Waals surface area contributed by atoms with Gasteiger partial charge in [-0.1, -0.05) is 12.1 Å². The van der Waals surface area contributed by atoms with Gasteiger partial charge in [0.2, 0.25) is 0 Å². The molecule has 0 bridgehead atoms. The molecule has 1 atom stereocenters. The van der Waals surface area contributed by atoms with E-state index in [0.717, 1.165) is 0 Å². The number of nitrogens with zero attached hydrogens (tertiary/aromatic N) is 2. The number of carbonyl (C=O) groups is 1. The van der Waals surface area contributed by atoms with Gasteiger partial charge in [0, 0.05) is 12.1 Å². The number of hydrogen-bond donors (Lipinski definition) is 2. The molecular formula is C17H20N4O4S. The number of carbonyl (C=O) groups excluding carboxylic acids is 1. The molecule has 1 fully saturated rings. The van der Waals surface area contributed by atoms with Crippen LogP contribution in [0.1, 0.15) is 23.8 Å². The van der Waals surface area contributed by atoms with Gasteiger partial charge in [-0.3, -0.25) is 4.79 Å². The van der Waals surface area contributed by atoms with Crippen molar-refractivity contribution in [3.8, 4) is 5.75 Å². The maximum atomic E-state index is 12.5. The first-order valence-corrected chi connectivity index (χ1v) is 10.1. The van der Waals surface area contributed by atoms with E-state index in [2.05, 4.69) is 20.6 Å². The zero-order valence-electron chi connectivity index (χ0n) is 14.3. The number of ether oxygens (including phenoxy) is 1. The van der Waals surface area contributed by atoms with Crippen LogP contribution in [0, 0.1) is 0 Å². The van der Waals surface area contributed by atoms with Crippen molar-refractivity contribution in [3.05, 3.63) is 42.4 Å². The van der Waals surface area contributed by atoms with Gasteiger partial charge in [-0.2, -0.15) is 0 Å². The number of nitrogens with one attached hydrogen (secondary N) is 2. The minimum absolute atomic E-state index is 0.0697. The lowest BCUT2D eigenvalue weighted by Gasteiger charge is -2.13. The van der Waals surface area contributed by atoms with Gasteiger partial charge >= 0.3 is 0 Å². The minimum atomic E-state index is -2.99. The smallest absolute Gasteiger partial charge is 0.274 e. The summed E-state index contributed by atoms with van der Waals surface area (Å²) in [6.07, 6.45) is 1.80. The van der Waals surface area contributed by atoms with E-state index in [1.807, 2.05) is 13.0 Å². The summed E-state index contributed by atoms with van der Waals surface area (Å²) in [5, 5.41) is 5.82. The second kappa shape index (κ2) is 7.69. The Bertz CT molecular complexity index is 901. The van der Waals surface area contributed by atoms with Crippen molar-refractivity contribution < 1.29 is 17.9 Å². The van der Waals surface area contributed by atoms with Crippen molar-refractivity contribution in [2.45, 2.75) is 19.4 Å². The fourth-order valence-corrected chi connectivity index (χ4v) is 4.39. The molecule has 1 aliphatic rings.